The van der Waals surface area contributed by atoms with Crippen LogP contribution in [0.1, 0.15) is 5.56 Å². The van der Waals surface area contributed by atoms with Gasteiger partial charge in [0.2, 0.25) is 0 Å². The van der Waals surface area contributed by atoms with Gasteiger partial charge in [0.1, 0.15) is 0 Å². The molecule has 1 aromatic heterocycles. The van der Waals surface area contributed by atoms with Crippen LogP contribution in [0.4, 0.5) is 16.2 Å². The van der Waals surface area contributed by atoms with E-state index in [1.54, 1.807) is 28.4 Å². The van der Waals surface area contributed by atoms with Crippen molar-refractivity contribution in [3.8, 4) is 23.0 Å². The number of anilines is 2. The van der Waals surface area contributed by atoms with Crippen LogP contribution in [0.15, 0.2) is 48.5 Å². The lowest BCUT2D eigenvalue weighted by Gasteiger charge is -2.17. The largest absolute Gasteiger partial charge is 0.493 e. The number of carbonyl (C=O) groups is 1. The number of pyridine rings is 1. The summed E-state index contributed by atoms with van der Waals surface area (Å²) in [6.07, 6.45) is 0.129. The fraction of sp³-hybridized carbons (Fsp3) is 0.259. The Bertz CT molecular complexity index is 1340. The van der Waals surface area contributed by atoms with Gasteiger partial charge in [-0.15, -0.1) is 0 Å². The molecule has 0 atom stereocenters. The van der Waals surface area contributed by atoms with Crippen molar-refractivity contribution in [3.05, 3.63) is 54.1 Å². The number of carbonyl (C=O) groups excluding carboxylic acids is 1. The first kappa shape index (κ1) is 24.7. The normalized spacial score (nSPS) is 10.7. The fourth-order valence-corrected chi connectivity index (χ4v) is 4.01. The molecule has 9 nitrogen and oxygen atoms in total. The first-order valence-electron chi connectivity index (χ1n) is 11.3. The molecule has 9 heteroatoms. The molecular formula is C27H29N3O6. The average Bonchev–Trinajstić information content (AvgIpc) is 2.91. The summed E-state index contributed by atoms with van der Waals surface area (Å²) >= 11 is 0. The van der Waals surface area contributed by atoms with Crippen molar-refractivity contribution < 1.29 is 28.5 Å². The molecule has 1 heterocycles. The third kappa shape index (κ3) is 5.00. The number of nitrogens with one attached hydrogen (secondary N) is 2. The summed E-state index contributed by atoms with van der Waals surface area (Å²) in [5.74, 6) is 2.35. The lowest BCUT2D eigenvalue weighted by Crippen LogP contribution is -2.20. The second kappa shape index (κ2) is 10.9. The summed E-state index contributed by atoms with van der Waals surface area (Å²) in [7, 11) is 7.92. The van der Waals surface area contributed by atoms with Gasteiger partial charge in [0.15, 0.2) is 23.0 Å². The van der Waals surface area contributed by atoms with Gasteiger partial charge in [0, 0.05) is 42.1 Å². The van der Waals surface area contributed by atoms with Crippen molar-refractivity contribution in [2.24, 2.45) is 0 Å². The van der Waals surface area contributed by atoms with Crippen LogP contribution in [0.3, 0.4) is 0 Å². The molecule has 188 valence electrons. The third-order valence-corrected chi connectivity index (χ3v) is 5.81. The van der Waals surface area contributed by atoms with Gasteiger partial charge in [-0.3, -0.25) is 0 Å². The zero-order chi connectivity index (χ0) is 25.7. The molecule has 0 spiro atoms. The van der Waals surface area contributed by atoms with Gasteiger partial charge in [0.25, 0.3) is 0 Å². The van der Waals surface area contributed by atoms with Crippen molar-refractivity contribution in [2.75, 3.05) is 47.4 Å². The first-order valence-corrected chi connectivity index (χ1v) is 11.3. The van der Waals surface area contributed by atoms with Gasteiger partial charge in [-0.2, -0.15) is 0 Å². The van der Waals surface area contributed by atoms with Crippen molar-refractivity contribution >= 4 is 39.3 Å². The molecular weight excluding hydrogens is 462 g/mol. The molecule has 0 aliphatic heterocycles. The summed E-state index contributed by atoms with van der Waals surface area (Å²) < 4.78 is 27.3. The Morgan fingerprint density at radius 2 is 1.36 bits per heavy atom. The lowest BCUT2D eigenvalue weighted by atomic mass is 10.0. The van der Waals surface area contributed by atoms with E-state index < -0.39 is 6.09 Å². The van der Waals surface area contributed by atoms with Gasteiger partial charge in [0.05, 0.1) is 51.8 Å². The minimum absolute atomic E-state index is 0.276. The second-order valence-corrected chi connectivity index (χ2v) is 7.90. The predicted octanol–water partition coefficient (Wildman–Crippen LogP) is 5.06. The Morgan fingerprint density at radius 1 is 0.806 bits per heavy atom. The molecule has 0 saturated heterocycles. The summed E-state index contributed by atoms with van der Waals surface area (Å²) in [4.78, 5) is 16.2. The van der Waals surface area contributed by atoms with Crippen molar-refractivity contribution in [2.45, 2.75) is 6.42 Å². The highest BCUT2D eigenvalue weighted by Gasteiger charge is 2.17. The smallest absolute Gasteiger partial charge is 0.406 e. The lowest BCUT2D eigenvalue weighted by molar-refractivity contribution is 0.150. The minimum atomic E-state index is -0.451. The maximum atomic E-state index is 11.4. The number of hydrogen-bond acceptors (Lipinski definition) is 8. The number of alkyl carbamates (subject to hydrolysis) is 1. The highest BCUT2D eigenvalue weighted by atomic mass is 16.5. The Kier molecular flexibility index (Phi) is 7.48. The summed E-state index contributed by atoms with van der Waals surface area (Å²) in [6, 6.07) is 15.4. The molecule has 36 heavy (non-hydrogen) atoms. The van der Waals surface area contributed by atoms with E-state index in [2.05, 4.69) is 10.6 Å². The molecule has 0 radical (unpaired) electrons. The van der Waals surface area contributed by atoms with Crippen LogP contribution in [-0.2, 0) is 11.2 Å². The van der Waals surface area contributed by atoms with Crippen molar-refractivity contribution in [1.29, 1.82) is 0 Å². The molecule has 0 unspecified atom stereocenters. The number of aromatic nitrogens is 1. The predicted molar refractivity (Wildman–Crippen MR) is 139 cm³/mol. The quantitative estimate of drug-likeness (QED) is 0.313. The Morgan fingerprint density at radius 3 is 1.89 bits per heavy atom. The molecule has 0 saturated carbocycles. The number of amides is 1. The van der Waals surface area contributed by atoms with E-state index in [1.165, 1.54) is 7.05 Å². The number of methoxy groups -OCH3 is 4. The second-order valence-electron chi connectivity index (χ2n) is 7.90. The van der Waals surface area contributed by atoms with Crippen LogP contribution < -0.4 is 29.6 Å². The van der Waals surface area contributed by atoms with E-state index in [0.29, 0.717) is 29.4 Å². The Hall–Kier alpha value is -4.40. The topological polar surface area (TPSA) is 100 Å². The highest BCUT2D eigenvalue weighted by molar-refractivity contribution is 6.10. The zero-order valence-electron chi connectivity index (χ0n) is 20.9. The van der Waals surface area contributed by atoms with Crippen molar-refractivity contribution in [3.63, 3.8) is 0 Å². The standard InChI is InChI=1S/C27H29N3O6/c1-28-27(31)36-10-9-16-7-6-8-17(11-16)29-26-18-12-22(32-2)24(34-4)14-20(18)30-21-15-25(35-5)23(33-3)13-19(21)26/h6-8,11-15H,9-10H2,1-5H3,(H,28,31)(H,29,30). The van der Waals surface area contributed by atoms with Crippen LogP contribution in [0.5, 0.6) is 23.0 Å². The summed E-state index contributed by atoms with van der Waals surface area (Å²) in [5, 5.41) is 7.71. The number of fused-ring (bicyclic) bond motifs is 2. The van der Waals surface area contributed by atoms with Crippen LogP contribution in [0, 0.1) is 0 Å². The van der Waals surface area contributed by atoms with Gasteiger partial charge < -0.3 is 34.3 Å². The summed E-state index contributed by atoms with van der Waals surface area (Å²) in [6.45, 7) is 0.276. The number of benzene rings is 3. The fourth-order valence-electron chi connectivity index (χ4n) is 4.01. The van der Waals surface area contributed by atoms with Gasteiger partial charge in [-0.05, 0) is 29.8 Å². The molecule has 3 aromatic carbocycles. The minimum Gasteiger partial charge on any atom is -0.493 e. The number of hydrogen-bond donors (Lipinski definition) is 2. The monoisotopic (exact) mass is 491 g/mol. The van der Waals surface area contributed by atoms with E-state index >= 15 is 0 Å². The van der Waals surface area contributed by atoms with E-state index in [9.17, 15) is 4.79 Å². The number of ether oxygens (including phenoxy) is 5. The molecule has 1 amide bonds. The highest BCUT2D eigenvalue weighted by Crippen LogP contribution is 2.42. The molecule has 0 bridgehead atoms. The van der Waals surface area contributed by atoms with Crippen LogP contribution >= 0.6 is 0 Å². The number of rotatable bonds is 9. The summed E-state index contributed by atoms with van der Waals surface area (Å²) in [5.41, 5.74) is 4.17. The maximum absolute atomic E-state index is 11.4. The SMILES string of the molecule is CNC(=O)OCCc1cccc(Nc2c3cc(OC)c(OC)cc3nc3cc(OC)c(OC)cc23)c1. The molecule has 0 aliphatic carbocycles. The maximum Gasteiger partial charge on any atom is 0.406 e. The van der Waals surface area contributed by atoms with Crippen molar-refractivity contribution in [1.82, 2.24) is 10.3 Å². The van der Waals surface area contributed by atoms with Crippen LogP contribution in [0.25, 0.3) is 21.8 Å². The van der Waals surface area contributed by atoms with E-state index in [0.717, 1.165) is 38.7 Å². The Balaban J connectivity index is 1.84. The first-order chi connectivity index (χ1) is 17.5. The Labute approximate surface area is 209 Å². The van der Waals surface area contributed by atoms with Gasteiger partial charge in [-0.1, -0.05) is 12.1 Å². The van der Waals surface area contributed by atoms with Crippen LogP contribution in [0.2, 0.25) is 0 Å². The average molecular weight is 492 g/mol. The molecule has 0 aliphatic rings. The molecule has 2 N–H and O–H groups in total. The number of nitrogens with zero attached hydrogens (tertiary/aromatic N) is 1. The molecule has 0 fully saturated rings. The zero-order valence-corrected chi connectivity index (χ0v) is 20.9. The van der Waals surface area contributed by atoms with E-state index in [-0.39, 0.29) is 6.61 Å². The van der Waals surface area contributed by atoms with Crippen LogP contribution in [-0.4, -0.2) is 53.2 Å². The van der Waals surface area contributed by atoms with E-state index in [1.807, 2.05) is 48.5 Å². The van der Waals surface area contributed by atoms with Gasteiger partial charge in [-0.25, -0.2) is 9.78 Å². The van der Waals surface area contributed by atoms with Gasteiger partial charge >= 0.3 is 6.09 Å². The molecule has 4 aromatic rings. The third-order valence-electron chi connectivity index (χ3n) is 5.81. The van der Waals surface area contributed by atoms with E-state index in [4.69, 9.17) is 28.7 Å². The molecule has 4 rings (SSSR count).